The first-order chi connectivity index (χ1) is 5.77. The SMILES string of the molecule is CCOC(=O)N1C=S(SC)CN1. The van der Waals surface area contributed by atoms with Gasteiger partial charge < -0.3 is 4.74 Å². The van der Waals surface area contributed by atoms with Gasteiger partial charge in [0.1, 0.15) is 0 Å². The van der Waals surface area contributed by atoms with E-state index in [-0.39, 0.29) is 15.6 Å². The van der Waals surface area contributed by atoms with Crippen LogP contribution in [0, 0.1) is 0 Å². The summed E-state index contributed by atoms with van der Waals surface area (Å²) in [7, 11) is 1.85. The van der Waals surface area contributed by atoms with Crippen LogP contribution in [0.3, 0.4) is 0 Å². The second-order valence-electron chi connectivity index (χ2n) is 2.02. The van der Waals surface area contributed by atoms with Crippen molar-refractivity contribution in [1.82, 2.24) is 10.4 Å². The number of amides is 1. The Hall–Kier alpha value is -0.200. The van der Waals surface area contributed by atoms with Crippen LogP contribution in [0.25, 0.3) is 0 Å². The van der Waals surface area contributed by atoms with E-state index in [1.54, 1.807) is 17.7 Å². The molecule has 0 saturated heterocycles. The minimum absolute atomic E-state index is 0.117. The van der Waals surface area contributed by atoms with Crippen molar-refractivity contribution in [1.29, 1.82) is 0 Å². The Labute approximate surface area is 77.9 Å². The van der Waals surface area contributed by atoms with Gasteiger partial charge in [0.15, 0.2) is 0 Å². The van der Waals surface area contributed by atoms with E-state index in [0.717, 1.165) is 5.88 Å². The molecule has 4 nitrogen and oxygen atoms in total. The smallest absolute Gasteiger partial charge is 0.428 e. The zero-order valence-electron chi connectivity index (χ0n) is 7.07. The fraction of sp³-hybridized carbons (Fsp3) is 0.667. The first kappa shape index (κ1) is 9.88. The van der Waals surface area contributed by atoms with Crippen molar-refractivity contribution < 1.29 is 9.53 Å². The fourth-order valence-electron chi connectivity index (χ4n) is 0.728. The number of hydrogen-bond donors (Lipinski definition) is 1. The summed E-state index contributed by atoms with van der Waals surface area (Å²) >= 11 is 0. The van der Waals surface area contributed by atoms with Gasteiger partial charge in [-0.15, -0.1) is 10.8 Å². The molecule has 1 amide bonds. The van der Waals surface area contributed by atoms with E-state index in [4.69, 9.17) is 4.74 Å². The Kier molecular flexibility index (Phi) is 3.90. The first-order valence-electron chi connectivity index (χ1n) is 3.56. The van der Waals surface area contributed by atoms with Gasteiger partial charge in [0.25, 0.3) is 0 Å². The van der Waals surface area contributed by atoms with Crippen LogP contribution in [-0.4, -0.2) is 35.3 Å². The number of carbonyl (C=O) groups excluding carboxylic acids is 1. The molecule has 0 spiro atoms. The first-order valence-corrected chi connectivity index (χ1v) is 6.76. The molecular weight excluding hydrogens is 196 g/mol. The maximum absolute atomic E-state index is 11.1. The molecule has 0 fully saturated rings. The molecule has 1 rings (SSSR count). The van der Waals surface area contributed by atoms with Gasteiger partial charge in [-0.1, -0.05) is 9.52 Å². The maximum atomic E-state index is 11.1. The monoisotopic (exact) mass is 208 g/mol. The van der Waals surface area contributed by atoms with Gasteiger partial charge in [-0.25, -0.2) is 15.2 Å². The van der Waals surface area contributed by atoms with Crippen molar-refractivity contribution >= 4 is 31.9 Å². The van der Waals surface area contributed by atoms with Gasteiger partial charge in [0.2, 0.25) is 0 Å². The molecule has 0 aromatic rings. The van der Waals surface area contributed by atoms with E-state index in [1.807, 2.05) is 11.7 Å². The molecule has 0 aromatic carbocycles. The minimum atomic E-state index is -0.318. The van der Waals surface area contributed by atoms with Gasteiger partial charge in [0.05, 0.1) is 18.0 Å². The molecule has 1 N–H and O–H groups in total. The summed E-state index contributed by atoms with van der Waals surface area (Å²) in [6.45, 7) is 2.21. The molecule has 12 heavy (non-hydrogen) atoms. The lowest BCUT2D eigenvalue weighted by atomic mass is 10.8. The normalized spacial score (nSPS) is 22.2. The number of carbonyl (C=O) groups is 1. The lowest BCUT2D eigenvalue weighted by molar-refractivity contribution is 0.120. The Morgan fingerprint density at radius 2 is 2.67 bits per heavy atom. The van der Waals surface area contributed by atoms with Gasteiger partial charge in [-0.05, 0) is 13.2 Å². The molecule has 0 radical (unpaired) electrons. The summed E-state index contributed by atoms with van der Waals surface area (Å²) in [4.78, 5) is 11.1. The van der Waals surface area contributed by atoms with Crippen molar-refractivity contribution in [2.45, 2.75) is 6.92 Å². The number of hydrazine groups is 1. The molecule has 0 aliphatic carbocycles. The Morgan fingerprint density at radius 3 is 3.17 bits per heavy atom. The highest BCUT2D eigenvalue weighted by Gasteiger charge is 2.17. The predicted octanol–water partition coefficient (Wildman–Crippen LogP) is 1.23. The Balaban J connectivity index is 2.45. The van der Waals surface area contributed by atoms with Crippen LogP contribution >= 0.6 is 20.3 Å². The molecule has 6 heteroatoms. The number of hydrogen-bond acceptors (Lipinski definition) is 4. The molecule has 0 bridgehead atoms. The van der Waals surface area contributed by atoms with E-state index in [2.05, 4.69) is 5.43 Å². The van der Waals surface area contributed by atoms with Gasteiger partial charge in [0, 0.05) is 0 Å². The molecule has 1 aliphatic heterocycles. The average molecular weight is 208 g/mol. The molecule has 1 unspecified atom stereocenters. The van der Waals surface area contributed by atoms with Crippen molar-refractivity contribution in [2.75, 3.05) is 18.7 Å². The van der Waals surface area contributed by atoms with Crippen molar-refractivity contribution in [2.24, 2.45) is 0 Å². The van der Waals surface area contributed by atoms with E-state index in [1.165, 1.54) is 5.01 Å². The third kappa shape index (κ3) is 2.40. The summed E-state index contributed by atoms with van der Waals surface area (Å²) in [5, 5.41) is 1.42. The molecule has 1 aliphatic rings. The molecule has 1 heterocycles. The van der Waals surface area contributed by atoms with Gasteiger partial charge in [-0.2, -0.15) is 0 Å². The van der Waals surface area contributed by atoms with Crippen LogP contribution in [0.1, 0.15) is 6.92 Å². The van der Waals surface area contributed by atoms with E-state index in [9.17, 15) is 4.79 Å². The van der Waals surface area contributed by atoms with E-state index >= 15 is 0 Å². The van der Waals surface area contributed by atoms with Crippen molar-refractivity contribution in [3.05, 3.63) is 0 Å². The van der Waals surface area contributed by atoms with Crippen LogP contribution in [-0.2, 0) is 4.74 Å². The molecule has 0 saturated carbocycles. The predicted molar refractivity (Wildman–Crippen MR) is 54.0 cm³/mol. The number of ether oxygens (including phenoxy) is 1. The fourth-order valence-corrected chi connectivity index (χ4v) is 2.70. The molecule has 1 atom stereocenters. The van der Waals surface area contributed by atoms with Crippen LogP contribution < -0.4 is 5.43 Å². The number of nitrogens with zero attached hydrogens (tertiary/aromatic N) is 1. The van der Waals surface area contributed by atoms with E-state index < -0.39 is 0 Å². The van der Waals surface area contributed by atoms with Crippen molar-refractivity contribution in [3.63, 3.8) is 0 Å². The van der Waals surface area contributed by atoms with Crippen LogP contribution in [0.4, 0.5) is 4.79 Å². The maximum Gasteiger partial charge on any atom is 0.428 e. The van der Waals surface area contributed by atoms with E-state index in [0.29, 0.717) is 6.61 Å². The van der Waals surface area contributed by atoms with Crippen molar-refractivity contribution in [3.8, 4) is 0 Å². The molecule has 70 valence electrons. The van der Waals surface area contributed by atoms with Gasteiger partial charge >= 0.3 is 6.09 Å². The topological polar surface area (TPSA) is 41.6 Å². The highest BCUT2D eigenvalue weighted by molar-refractivity contribution is 8.83. The lowest BCUT2D eigenvalue weighted by Crippen LogP contribution is -2.37. The second kappa shape index (κ2) is 4.74. The third-order valence-electron chi connectivity index (χ3n) is 1.28. The summed E-state index contributed by atoms with van der Waals surface area (Å²) < 4.78 is 4.81. The number of nitrogens with one attached hydrogen (secondary N) is 1. The van der Waals surface area contributed by atoms with Gasteiger partial charge in [-0.3, -0.25) is 0 Å². The quantitative estimate of drug-likeness (QED) is 0.547. The van der Waals surface area contributed by atoms with Crippen LogP contribution in [0.2, 0.25) is 0 Å². The summed E-state index contributed by atoms with van der Waals surface area (Å²) in [5.74, 6) is 0.819. The minimum Gasteiger partial charge on any atom is -0.449 e. The standard InChI is InChI=1S/C6H12N2O2S2/c1-3-10-6(9)8-5-12(11-2)4-7-8/h5,7H,3-4H2,1-2H3. The Bertz CT molecular complexity index is 208. The highest BCUT2D eigenvalue weighted by Crippen LogP contribution is 2.28. The number of rotatable bonds is 2. The largest absolute Gasteiger partial charge is 0.449 e. The Morgan fingerprint density at radius 1 is 1.92 bits per heavy atom. The highest BCUT2D eigenvalue weighted by atomic mass is 33.1. The van der Waals surface area contributed by atoms with Crippen LogP contribution in [0.5, 0.6) is 0 Å². The summed E-state index contributed by atoms with van der Waals surface area (Å²) in [5.41, 5.74) is 4.80. The second-order valence-corrected chi connectivity index (χ2v) is 5.90. The lowest BCUT2D eigenvalue weighted by Gasteiger charge is -2.11. The molecular formula is C6H12N2O2S2. The third-order valence-corrected chi connectivity index (χ3v) is 4.46. The van der Waals surface area contributed by atoms with Crippen LogP contribution in [0.15, 0.2) is 0 Å². The summed E-state index contributed by atoms with van der Waals surface area (Å²) in [6.07, 6.45) is 1.71. The molecule has 0 aromatic heterocycles. The average Bonchev–Trinajstić information content (AvgIpc) is 2.52. The summed E-state index contributed by atoms with van der Waals surface area (Å²) in [6, 6.07) is 0. The zero-order valence-corrected chi connectivity index (χ0v) is 8.70. The zero-order chi connectivity index (χ0) is 8.97.